The molecule has 2 rings (SSSR count). The number of halogens is 2. The van der Waals surface area contributed by atoms with E-state index in [1.54, 1.807) is 7.05 Å². The van der Waals surface area contributed by atoms with Crippen LogP contribution in [0.2, 0.25) is 0 Å². The molecule has 0 bridgehead atoms. The fraction of sp³-hybridized carbons (Fsp3) is 0.462. The van der Waals surface area contributed by atoms with Gasteiger partial charge in [0.05, 0.1) is 5.69 Å². The Morgan fingerprint density at radius 2 is 2.06 bits per heavy atom. The Bertz CT molecular complexity index is 486. The summed E-state index contributed by atoms with van der Waals surface area (Å²) in [6.07, 6.45) is 0. The second-order valence-corrected chi connectivity index (χ2v) is 4.70. The molecule has 18 heavy (non-hydrogen) atoms. The lowest BCUT2D eigenvalue weighted by Gasteiger charge is -2.28. The maximum Gasteiger partial charge on any atom is 0.275 e. The number of hydrogen-bond acceptors (Lipinski definition) is 2. The van der Waals surface area contributed by atoms with Crippen LogP contribution >= 0.6 is 0 Å². The van der Waals surface area contributed by atoms with Crippen LogP contribution in [0.3, 0.4) is 0 Å². The molecule has 3 nitrogen and oxygen atoms in total. The van der Waals surface area contributed by atoms with Crippen molar-refractivity contribution in [3.63, 3.8) is 0 Å². The summed E-state index contributed by atoms with van der Waals surface area (Å²) in [7, 11) is 1.56. The van der Waals surface area contributed by atoms with Gasteiger partial charge >= 0.3 is 0 Å². The van der Waals surface area contributed by atoms with Crippen molar-refractivity contribution in [3.8, 4) is 5.75 Å². The van der Waals surface area contributed by atoms with Crippen molar-refractivity contribution in [1.82, 2.24) is 0 Å². The van der Waals surface area contributed by atoms with Gasteiger partial charge in [0.1, 0.15) is 5.75 Å². The van der Waals surface area contributed by atoms with Gasteiger partial charge in [-0.25, -0.2) is 8.78 Å². The Balaban J connectivity index is 2.47. The number of rotatable bonds is 2. The fourth-order valence-corrected chi connectivity index (χ4v) is 1.81. The Hall–Kier alpha value is -1.65. The molecule has 0 spiro atoms. The summed E-state index contributed by atoms with van der Waals surface area (Å²) in [5.41, 5.74) is 0.297. The van der Waals surface area contributed by atoms with E-state index in [0.29, 0.717) is 11.4 Å². The van der Waals surface area contributed by atoms with E-state index < -0.39 is 11.8 Å². The highest BCUT2D eigenvalue weighted by molar-refractivity contribution is 5.97. The first-order valence-electron chi connectivity index (χ1n) is 5.75. The van der Waals surface area contributed by atoms with Gasteiger partial charge in [0, 0.05) is 18.5 Å². The van der Waals surface area contributed by atoms with Gasteiger partial charge < -0.3 is 9.64 Å². The minimum atomic E-state index is -2.92. The van der Waals surface area contributed by atoms with Crippen molar-refractivity contribution >= 4 is 11.6 Å². The third-order valence-corrected chi connectivity index (χ3v) is 3.16. The number of ether oxygens (including phenoxy) is 1. The first-order chi connectivity index (χ1) is 8.34. The number of carbonyl (C=O) groups excluding carboxylic acids is 1. The van der Waals surface area contributed by atoms with E-state index in [9.17, 15) is 13.6 Å². The predicted molar refractivity (Wildman–Crippen MR) is 64.1 cm³/mol. The molecular weight excluding hydrogens is 240 g/mol. The van der Waals surface area contributed by atoms with E-state index in [4.69, 9.17) is 4.74 Å². The lowest BCUT2D eigenvalue weighted by atomic mass is 9.97. The highest BCUT2D eigenvalue weighted by atomic mass is 19.3. The molecule has 1 amide bonds. The summed E-state index contributed by atoms with van der Waals surface area (Å²) >= 11 is 0. The number of hydrogen-bond donors (Lipinski definition) is 0. The van der Waals surface area contributed by atoms with Gasteiger partial charge in [-0.05, 0) is 18.2 Å². The Labute approximate surface area is 104 Å². The number of benzene rings is 1. The highest BCUT2D eigenvalue weighted by Crippen LogP contribution is 2.40. The smallest absolute Gasteiger partial charge is 0.275 e. The van der Waals surface area contributed by atoms with Crippen LogP contribution in [-0.4, -0.2) is 19.6 Å². The number of likely N-dealkylation sites (N-methyl/N-ethyl adjacent to an activating group) is 1. The molecule has 0 saturated heterocycles. The van der Waals surface area contributed by atoms with Gasteiger partial charge in [-0.15, -0.1) is 0 Å². The molecule has 1 aliphatic heterocycles. The minimum absolute atomic E-state index is 0.0522. The summed E-state index contributed by atoms with van der Waals surface area (Å²) in [5.74, 6) is -3.51. The fourth-order valence-electron chi connectivity index (χ4n) is 1.81. The molecule has 0 saturated carbocycles. The molecule has 0 N–H and O–H groups in total. The minimum Gasteiger partial charge on any atom is -0.482 e. The molecule has 98 valence electrons. The van der Waals surface area contributed by atoms with Crippen LogP contribution in [0.1, 0.15) is 19.4 Å². The number of carbonyl (C=O) groups is 1. The summed E-state index contributed by atoms with van der Waals surface area (Å²) in [6, 6.07) is 4.17. The number of nitrogens with zero attached hydrogens (tertiary/aromatic N) is 1. The number of alkyl halides is 2. The number of amides is 1. The van der Waals surface area contributed by atoms with Crippen molar-refractivity contribution in [3.05, 3.63) is 23.8 Å². The molecule has 1 aliphatic rings. The Morgan fingerprint density at radius 3 is 2.67 bits per heavy atom. The Kier molecular flexibility index (Phi) is 3.00. The molecule has 0 unspecified atom stereocenters. The van der Waals surface area contributed by atoms with E-state index in [2.05, 4.69) is 0 Å². The number of anilines is 1. The molecule has 0 aromatic heterocycles. The SMILES string of the molecule is CC(C)C(F)(F)c1ccc2c(c1)N(C)C(=O)CO2. The van der Waals surface area contributed by atoms with Crippen LogP contribution in [0.4, 0.5) is 14.5 Å². The van der Waals surface area contributed by atoms with Crippen LogP contribution in [-0.2, 0) is 10.7 Å². The van der Waals surface area contributed by atoms with Crippen molar-refractivity contribution in [2.75, 3.05) is 18.6 Å². The lowest BCUT2D eigenvalue weighted by Crippen LogP contribution is -2.35. The maximum atomic E-state index is 13.9. The molecule has 1 aromatic carbocycles. The van der Waals surface area contributed by atoms with Crippen LogP contribution in [0, 0.1) is 5.92 Å². The van der Waals surface area contributed by atoms with Crippen LogP contribution in [0.5, 0.6) is 5.75 Å². The van der Waals surface area contributed by atoms with Crippen molar-refractivity contribution in [1.29, 1.82) is 0 Å². The summed E-state index contributed by atoms with van der Waals surface area (Å²) in [5, 5.41) is 0. The molecule has 1 aromatic rings. The van der Waals surface area contributed by atoms with E-state index in [-0.39, 0.29) is 18.1 Å². The predicted octanol–water partition coefficient (Wildman–Crippen LogP) is 2.79. The van der Waals surface area contributed by atoms with E-state index in [1.807, 2.05) is 0 Å². The van der Waals surface area contributed by atoms with Gasteiger partial charge in [0.25, 0.3) is 11.8 Å². The van der Waals surface area contributed by atoms with Gasteiger partial charge in [-0.2, -0.15) is 0 Å². The molecule has 1 heterocycles. The van der Waals surface area contributed by atoms with Crippen molar-refractivity contribution < 1.29 is 18.3 Å². The zero-order valence-corrected chi connectivity index (χ0v) is 10.5. The largest absolute Gasteiger partial charge is 0.482 e. The normalized spacial score (nSPS) is 15.7. The molecule has 0 radical (unpaired) electrons. The van der Waals surface area contributed by atoms with Crippen molar-refractivity contribution in [2.45, 2.75) is 19.8 Å². The average Bonchev–Trinajstić information content (AvgIpc) is 2.33. The number of fused-ring (bicyclic) bond motifs is 1. The van der Waals surface area contributed by atoms with E-state index in [0.717, 1.165) is 0 Å². The first-order valence-corrected chi connectivity index (χ1v) is 5.75. The third-order valence-electron chi connectivity index (χ3n) is 3.16. The molecule has 0 fully saturated rings. The zero-order valence-electron chi connectivity index (χ0n) is 10.5. The van der Waals surface area contributed by atoms with Gasteiger partial charge in [0.2, 0.25) is 0 Å². The van der Waals surface area contributed by atoms with Crippen LogP contribution in [0.15, 0.2) is 18.2 Å². The van der Waals surface area contributed by atoms with Crippen LogP contribution < -0.4 is 9.64 Å². The van der Waals surface area contributed by atoms with Gasteiger partial charge in [-0.1, -0.05) is 13.8 Å². The second-order valence-electron chi connectivity index (χ2n) is 4.70. The topological polar surface area (TPSA) is 29.5 Å². The average molecular weight is 255 g/mol. The molecule has 0 aliphatic carbocycles. The van der Waals surface area contributed by atoms with Gasteiger partial charge in [-0.3, -0.25) is 4.79 Å². The summed E-state index contributed by atoms with van der Waals surface area (Å²) in [4.78, 5) is 12.8. The summed E-state index contributed by atoms with van der Waals surface area (Å²) < 4.78 is 33.1. The second kappa shape index (κ2) is 4.23. The van der Waals surface area contributed by atoms with Gasteiger partial charge in [0.15, 0.2) is 6.61 Å². The van der Waals surface area contributed by atoms with Crippen molar-refractivity contribution in [2.24, 2.45) is 5.92 Å². The maximum absolute atomic E-state index is 13.9. The lowest BCUT2D eigenvalue weighted by molar-refractivity contribution is -0.121. The summed E-state index contributed by atoms with van der Waals surface area (Å²) in [6.45, 7) is 2.87. The van der Waals surface area contributed by atoms with Crippen LogP contribution in [0.25, 0.3) is 0 Å². The Morgan fingerprint density at radius 1 is 1.39 bits per heavy atom. The molecule has 0 atom stereocenters. The standard InChI is InChI=1S/C13H15F2NO2/c1-8(2)13(14,15)9-4-5-11-10(6-9)16(3)12(17)7-18-11/h4-6,8H,7H2,1-3H3. The van der Waals surface area contributed by atoms with E-state index >= 15 is 0 Å². The zero-order chi connectivity index (χ0) is 13.5. The highest BCUT2D eigenvalue weighted by Gasteiger charge is 2.37. The first kappa shape index (κ1) is 12.8. The third kappa shape index (κ3) is 1.94. The van der Waals surface area contributed by atoms with E-state index in [1.165, 1.54) is 36.9 Å². The molecular formula is C13H15F2NO2. The molecule has 5 heteroatoms. The quantitative estimate of drug-likeness (QED) is 0.813. The monoisotopic (exact) mass is 255 g/mol.